The zero-order valence-electron chi connectivity index (χ0n) is 12.2. The Morgan fingerprint density at radius 2 is 2.00 bits per heavy atom. The monoisotopic (exact) mass is 268 g/mol. The van der Waals surface area contributed by atoms with E-state index < -0.39 is 0 Å². The molecule has 1 aromatic heterocycles. The molecule has 0 aliphatic carbocycles. The second-order valence-corrected chi connectivity index (χ2v) is 6.43. The van der Waals surface area contributed by atoms with Crippen LogP contribution in [0.15, 0.2) is 29.3 Å². The molecule has 1 aliphatic rings. The van der Waals surface area contributed by atoms with E-state index in [4.69, 9.17) is 10.4 Å². The largest absolute Gasteiger partial charge is 0.341 e. The summed E-state index contributed by atoms with van der Waals surface area (Å²) in [5, 5.41) is 8.33. The van der Waals surface area contributed by atoms with Crippen LogP contribution in [0.25, 0.3) is 11.0 Å². The van der Waals surface area contributed by atoms with Crippen LogP contribution in [0.1, 0.15) is 38.9 Å². The summed E-state index contributed by atoms with van der Waals surface area (Å²) in [4.78, 5) is 12.6. The van der Waals surface area contributed by atoms with E-state index in [1.54, 1.807) is 0 Å². The lowest BCUT2D eigenvalue weighted by molar-refractivity contribution is 0.573. The van der Waals surface area contributed by atoms with Gasteiger partial charge < -0.3 is 10.4 Å². The van der Waals surface area contributed by atoms with Gasteiger partial charge in [0.25, 0.3) is 0 Å². The second-order valence-electron chi connectivity index (χ2n) is 6.43. The number of fused-ring (bicyclic) bond motifs is 1. The summed E-state index contributed by atoms with van der Waals surface area (Å²) >= 11 is 0. The average Bonchev–Trinajstić information content (AvgIpc) is 2.80. The Bertz CT molecular complexity index is 655. The maximum absolute atomic E-state index is 8.33. The summed E-state index contributed by atoms with van der Waals surface area (Å²) in [6, 6.07) is 7.98. The third kappa shape index (κ3) is 2.26. The lowest BCUT2D eigenvalue weighted by atomic mass is 9.82. The summed E-state index contributed by atoms with van der Waals surface area (Å²) in [5.74, 6) is 0.862. The van der Waals surface area contributed by atoms with Crippen molar-refractivity contribution < 1.29 is 0 Å². The Morgan fingerprint density at radius 1 is 1.25 bits per heavy atom. The van der Waals surface area contributed by atoms with Crippen LogP contribution in [0.5, 0.6) is 0 Å². The number of imidazole rings is 1. The maximum Gasteiger partial charge on any atom is 0.117 e. The Hall–Kier alpha value is -1.97. The number of nitrogens with zero attached hydrogens (tertiary/aromatic N) is 2. The molecule has 1 aliphatic heterocycles. The molecule has 0 fully saturated rings. The number of aromatic nitrogens is 2. The fourth-order valence-corrected chi connectivity index (χ4v) is 2.56. The van der Waals surface area contributed by atoms with Crippen LogP contribution < -0.4 is 0 Å². The van der Waals surface area contributed by atoms with Crippen molar-refractivity contribution in [3.05, 3.63) is 30.1 Å². The van der Waals surface area contributed by atoms with E-state index in [0.717, 1.165) is 22.6 Å². The van der Waals surface area contributed by atoms with E-state index in [2.05, 4.69) is 30.7 Å². The van der Waals surface area contributed by atoms with Crippen LogP contribution in [-0.2, 0) is 0 Å². The molecule has 0 spiro atoms. The van der Waals surface area contributed by atoms with Crippen LogP contribution >= 0.6 is 0 Å². The van der Waals surface area contributed by atoms with Gasteiger partial charge in [0.1, 0.15) is 5.82 Å². The first-order valence-electron chi connectivity index (χ1n) is 7.01. The van der Waals surface area contributed by atoms with Crippen molar-refractivity contribution >= 4 is 22.5 Å². The third-order valence-electron chi connectivity index (χ3n) is 3.85. The number of para-hydroxylation sites is 2. The third-order valence-corrected chi connectivity index (χ3v) is 3.85. The highest BCUT2D eigenvalue weighted by molar-refractivity contribution is 6.09. The predicted octanol–water partition coefficient (Wildman–Crippen LogP) is 3.56. The topological polar surface area (TPSA) is 64.9 Å². The maximum atomic E-state index is 8.33. The van der Waals surface area contributed by atoms with Crippen molar-refractivity contribution in [1.29, 1.82) is 5.41 Å². The van der Waals surface area contributed by atoms with Gasteiger partial charge in [-0.3, -0.25) is 4.99 Å². The Kier molecular flexibility index (Phi) is 2.96. The Labute approximate surface area is 118 Å². The van der Waals surface area contributed by atoms with E-state index >= 15 is 0 Å². The molecule has 2 aromatic rings. The molecule has 2 heterocycles. The van der Waals surface area contributed by atoms with Crippen molar-refractivity contribution in [3.63, 3.8) is 0 Å². The highest BCUT2D eigenvalue weighted by Gasteiger charge is 2.30. The van der Waals surface area contributed by atoms with E-state index in [1.165, 1.54) is 0 Å². The van der Waals surface area contributed by atoms with Gasteiger partial charge in [-0.2, -0.15) is 0 Å². The second kappa shape index (κ2) is 4.54. The number of H-pyrrole nitrogens is 1. The summed E-state index contributed by atoms with van der Waals surface area (Å²) in [5.41, 5.74) is 3.87. The smallest absolute Gasteiger partial charge is 0.117 e. The molecule has 0 radical (unpaired) electrons. The van der Waals surface area contributed by atoms with Gasteiger partial charge >= 0.3 is 0 Å². The van der Waals surface area contributed by atoms with Gasteiger partial charge in [0, 0.05) is 23.3 Å². The Morgan fingerprint density at radius 3 is 2.65 bits per heavy atom. The fourth-order valence-electron chi connectivity index (χ4n) is 2.56. The van der Waals surface area contributed by atoms with Gasteiger partial charge in [0.15, 0.2) is 0 Å². The van der Waals surface area contributed by atoms with E-state index in [-0.39, 0.29) is 11.3 Å². The number of rotatable bonds is 1. The fraction of sp³-hybridized carbons (Fsp3) is 0.438. The molecule has 104 valence electrons. The zero-order chi connectivity index (χ0) is 14.3. The van der Waals surface area contributed by atoms with Crippen LogP contribution in [0.4, 0.5) is 0 Å². The van der Waals surface area contributed by atoms with E-state index in [1.807, 2.05) is 24.3 Å². The summed E-state index contributed by atoms with van der Waals surface area (Å²) < 4.78 is 0. The van der Waals surface area contributed by atoms with Gasteiger partial charge in [-0.05, 0) is 12.1 Å². The van der Waals surface area contributed by atoms with Gasteiger partial charge in [-0.1, -0.05) is 32.9 Å². The minimum Gasteiger partial charge on any atom is -0.341 e. The molecular weight excluding hydrogens is 248 g/mol. The van der Waals surface area contributed by atoms with E-state index in [0.29, 0.717) is 18.7 Å². The molecule has 1 aromatic carbocycles. The first-order chi connectivity index (χ1) is 9.45. The number of benzene rings is 1. The zero-order valence-corrected chi connectivity index (χ0v) is 12.2. The molecule has 4 nitrogen and oxygen atoms in total. The molecule has 1 atom stereocenters. The Balaban J connectivity index is 1.92. The molecule has 20 heavy (non-hydrogen) atoms. The molecule has 1 unspecified atom stereocenters. The summed E-state index contributed by atoms with van der Waals surface area (Å²) in [7, 11) is 0. The first kappa shape index (κ1) is 13.0. The molecule has 0 saturated carbocycles. The van der Waals surface area contributed by atoms with Crippen LogP contribution in [0.3, 0.4) is 0 Å². The lowest BCUT2D eigenvalue weighted by Crippen LogP contribution is -2.32. The highest BCUT2D eigenvalue weighted by atomic mass is 14.9. The lowest BCUT2D eigenvalue weighted by Gasteiger charge is -2.28. The number of aliphatic imine (C=N–C) groups is 1. The predicted molar refractivity (Wildman–Crippen MR) is 82.9 cm³/mol. The molecule has 0 amide bonds. The van der Waals surface area contributed by atoms with Crippen LogP contribution in [-0.4, -0.2) is 27.9 Å². The van der Waals surface area contributed by atoms with Crippen LogP contribution in [0.2, 0.25) is 0 Å². The minimum atomic E-state index is -0.00602. The molecular formula is C16H20N4. The van der Waals surface area contributed by atoms with Crippen molar-refractivity contribution in [2.75, 3.05) is 6.54 Å². The van der Waals surface area contributed by atoms with Gasteiger partial charge in [0.2, 0.25) is 0 Å². The van der Waals surface area contributed by atoms with Crippen molar-refractivity contribution in [2.45, 2.75) is 33.1 Å². The molecule has 3 rings (SSSR count). The molecule has 0 bridgehead atoms. The van der Waals surface area contributed by atoms with E-state index in [9.17, 15) is 0 Å². The quantitative estimate of drug-likeness (QED) is 0.816. The van der Waals surface area contributed by atoms with Gasteiger partial charge in [-0.25, -0.2) is 4.98 Å². The molecule has 2 N–H and O–H groups in total. The van der Waals surface area contributed by atoms with Crippen molar-refractivity contribution in [2.24, 2.45) is 10.4 Å². The standard InChI is InChI=1S/C16H20N4/c1-16(2,3)14-8-11(17)10(9-18-14)15-19-12-6-4-5-7-13(12)20-15/h4-7,10,17H,8-9H2,1-3H3,(H,19,20). The number of nitrogens with one attached hydrogen (secondary N) is 2. The molecule has 0 saturated heterocycles. The molecule has 4 heteroatoms. The summed E-state index contributed by atoms with van der Waals surface area (Å²) in [6.07, 6.45) is 0.658. The van der Waals surface area contributed by atoms with Gasteiger partial charge in [-0.15, -0.1) is 0 Å². The number of hydrogen-bond acceptors (Lipinski definition) is 3. The van der Waals surface area contributed by atoms with Crippen molar-refractivity contribution in [3.8, 4) is 0 Å². The normalized spacial score (nSPS) is 20.2. The summed E-state index contributed by atoms with van der Waals surface area (Å²) in [6.45, 7) is 7.09. The van der Waals surface area contributed by atoms with Crippen LogP contribution in [0, 0.1) is 10.8 Å². The van der Waals surface area contributed by atoms with Gasteiger partial charge in [0.05, 0.1) is 23.5 Å². The highest BCUT2D eigenvalue weighted by Crippen LogP contribution is 2.28. The minimum absolute atomic E-state index is 0.00602. The first-order valence-corrected chi connectivity index (χ1v) is 7.01. The number of hydrogen-bond donors (Lipinski definition) is 2. The van der Waals surface area contributed by atoms with Crippen molar-refractivity contribution in [1.82, 2.24) is 9.97 Å². The SMILES string of the molecule is CC(C)(C)C1=NCC(c2nc3ccccc3[nH]2)C(=N)C1. The number of aromatic amines is 1. The average molecular weight is 268 g/mol.